The van der Waals surface area contributed by atoms with Gasteiger partial charge in [-0.15, -0.1) is 23.1 Å². The van der Waals surface area contributed by atoms with Gasteiger partial charge in [0.05, 0.1) is 5.69 Å². The van der Waals surface area contributed by atoms with Crippen molar-refractivity contribution in [1.29, 1.82) is 0 Å². The molecule has 0 saturated heterocycles. The fourth-order valence-electron chi connectivity index (χ4n) is 2.37. The van der Waals surface area contributed by atoms with Crippen molar-refractivity contribution in [2.75, 3.05) is 5.75 Å². The van der Waals surface area contributed by atoms with Gasteiger partial charge in [-0.25, -0.2) is 9.37 Å². The molecule has 0 atom stereocenters. The second-order valence-corrected chi connectivity index (χ2v) is 10.5. The van der Waals surface area contributed by atoms with Gasteiger partial charge >= 0.3 is 5.97 Å². The zero-order valence-corrected chi connectivity index (χ0v) is 18.0. The third-order valence-electron chi connectivity index (χ3n) is 4.05. The number of hydrogen-bond donors (Lipinski definition) is 1. The van der Waals surface area contributed by atoms with Gasteiger partial charge in [0.15, 0.2) is 4.34 Å². The first kappa shape index (κ1) is 20.9. The number of hydrogen-bond acceptors (Lipinski definition) is 5. The fourth-order valence-corrected chi connectivity index (χ4v) is 5.47. The quantitative estimate of drug-likeness (QED) is 0.426. The molecule has 0 aliphatic heterocycles. The standard InChI is InChI=1S/C21H20FNO2S3/c1-21(2,19(24)25)28-20-23-17(13-27-20)11-12-26-18-9-5-15(6-10-18)14-3-7-16(22)8-4-14/h3-10,13H,11-12H2,1-2H3,(H,24,25). The van der Waals surface area contributed by atoms with Crippen LogP contribution in [0, 0.1) is 5.82 Å². The Morgan fingerprint density at radius 2 is 1.71 bits per heavy atom. The Morgan fingerprint density at radius 1 is 1.11 bits per heavy atom. The summed E-state index contributed by atoms with van der Waals surface area (Å²) in [5, 5.41) is 11.2. The Bertz CT molecular complexity index is 937. The summed E-state index contributed by atoms with van der Waals surface area (Å²) in [6.45, 7) is 3.37. The largest absolute Gasteiger partial charge is 0.480 e. The highest BCUT2D eigenvalue weighted by Gasteiger charge is 2.29. The van der Waals surface area contributed by atoms with Crippen LogP contribution >= 0.6 is 34.9 Å². The first-order valence-electron chi connectivity index (χ1n) is 8.69. The summed E-state index contributed by atoms with van der Waals surface area (Å²) in [7, 11) is 0. The second kappa shape index (κ2) is 9.11. The van der Waals surface area contributed by atoms with Crippen LogP contribution in [0.5, 0.6) is 0 Å². The molecule has 0 saturated carbocycles. The number of nitrogens with zero attached hydrogens (tertiary/aromatic N) is 1. The topological polar surface area (TPSA) is 50.2 Å². The van der Waals surface area contributed by atoms with Gasteiger partial charge in [-0.2, -0.15) is 0 Å². The SMILES string of the molecule is CC(C)(Sc1nc(CCSc2ccc(-c3ccc(F)cc3)cc2)cs1)C(=O)O. The molecule has 7 heteroatoms. The number of carboxylic acids is 1. The van der Waals surface area contributed by atoms with Crippen LogP contribution in [0.25, 0.3) is 11.1 Å². The average molecular weight is 434 g/mol. The Kier molecular flexibility index (Phi) is 6.80. The first-order chi connectivity index (χ1) is 13.3. The van der Waals surface area contributed by atoms with E-state index in [1.54, 1.807) is 37.7 Å². The first-order valence-corrected chi connectivity index (χ1v) is 11.4. The molecule has 1 N–H and O–H groups in total. The summed E-state index contributed by atoms with van der Waals surface area (Å²) < 4.78 is 12.9. The summed E-state index contributed by atoms with van der Waals surface area (Å²) in [5.41, 5.74) is 3.05. The van der Waals surface area contributed by atoms with E-state index in [1.807, 2.05) is 17.5 Å². The number of aryl methyl sites for hydroxylation is 1. The van der Waals surface area contributed by atoms with Gasteiger partial charge in [0.25, 0.3) is 0 Å². The number of thioether (sulfide) groups is 2. The number of carboxylic acid groups (broad SMARTS) is 1. The van der Waals surface area contributed by atoms with Crippen molar-refractivity contribution in [1.82, 2.24) is 4.98 Å². The third-order valence-corrected chi connectivity index (χ3v) is 7.23. The van der Waals surface area contributed by atoms with E-state index in [0.717, 1.165) is 33.3 Å². The Morgan fingerprint density at radius 3 is 2.32 bits per heavy atom. The van der Waals surface area contributed by atoms with Crippen LogP contribution in [0.2, 0.25) is 0 Å². The molecular weight excluding hydrogens is 413 g/mol. The number of halogens is 1. The number of benzene rings is 2. The van der Waals surface area contributed by atoms with Gasteiger partial charge in [-0.3, -0.25) is 4.79 Å². The van der Waals surface area contributed by atoms with Gasteiger partial charge in [0.1, 0.15) is 10.6 Å². The minimum Gasteiger partial charge on any atom is -0.480 e. The second-order valence-electron chi connectivity index (χ2n) is 6.65. The number of aliphatic carboxylic acids is 1. The molecule has 1 aromatic heterocycles. The predicted molar refractivity (Wildman–Crippen MR) is 116 cm³/mol. The van der Waals surface area contributed by atoms with E-state index < -0.39 is 10.7 Å². The smallest absolute Gasteiger partial charge is 0.319 e. The van der Waals surface area contributed by atoms with E-state index in [0.29, 0.717) is 0 Å². The highest BCUT2D eigenvalue weighted by Crippen LogP contribution is 2.35. The number of thiazole rings is 1. The van der Waals surface area contributed by atoms with Crippen LogP contribution in [0.1, 0.15) is 19.5 Å². The van der Waals surface area contributed by atoms with E-state index in [1.165, 1.54) is 40.1 Å². The summed E-state index contributed by atoms with van der Waals surface area (Å²) in [5.74, 6) is -0.175. The molecule has 0 radical (unpaired) electrons. The number of carbonyl (C=O) groups is 1. The van der Waals surface area contributed by atoms with Crippen molar-refractivity contribution in [3.8, 4) is 11.1 Å². The summed E-state index contributed by atoms with van der Waals surface area (Å²) >= 11 is 4.53. The van der Waals surface area contributed by atoms with Crippen LogP contribution < -0.4 is 0 Å². The lowest BCUT2D eigenvalue weighted by molar-refractivity contribution is -0.138. The van der Waals surface area contributed by atoms with Crippen LogP contribution in [0.3, 0.4) is 0 Å². The molecule has 146 valence electrons. The monoisotopic (exact) mass is 433 g/mol. The molecule has 28 heavy (non-hydrogen) atoms. The van der Waals surface area contributed by atoms with Crippen LogP contribution in [0.15, 0.2) is 63.1 Å². The normalized spacial score (nSPS) is 11.5. The van der Waals surface area contributed by atoms with Gasteiger partial charge in [0, 0.05) is 16.0 Å². The number of rotatable bonds is 8. The summed E-state index contributed by atoms with van der Waals surface area (Å²) in [4.78, 5) is 16.9. The lowest BCUT2D eigenvalue weighted by atomic mass is 10.1. The molecule has 0 bridgehead atoms. The molecule has 3 aromatic rings. The molecule has 0 fully saturated rings. The van der Waals surface area contributed by atoms with Crippen molar-refractivity contribution in [3.05, 3.63) is 65.4 Å². The van der Waals surface area contributed by atoms with Crippen LogP contribution in [0.4, 0.5) is 4.39 Å². The lowest BCUT2D eigenvalue weighted by Crippen LogP contribution is -2.26. The average Bonchev–Trinajstić information content (AvgIpc) is 3.09. The van der Waals surface area contributed by atoms with Gasteiger partial charge in [-0.05, 0) is 55.7 Å². The van der Waals surface area contributed by atoms with Gasteiger partial charge < -0.3 is 5.11 Å². The van der Waals surface area contributed by atoms with E-state index in [4.69, 9.17) is 0 Å². The Labute approximate surface area is 176 Å². The molecule has 1 heterocycles. The van der Waals surface area contributed by atoms with E-state index >= 15 is 0 Å². The molecule has 0 spiro atoms. The fraction of sp³-hybridized carbons (Fsp3) is 0.238. The maximum atomic E-state index is 13.0. The molecule has 0 aliphatic rings. The molecule has 3 rings (SSSR count). The van der Waals surface area contributed by atoms with E-state index in [2.05, 4.69) is 17.1 Å². The predicted octanol–water partition coefficient (Wildman–Crippen LogP) is 6.24. The lowest BCUT2D eigenvalue weighted by Gasteiger charge is -2.15. The Balaban J connectivity index is 1.51. The zero-order valence-electron chi connectivity index (χ0n) is 15.5. The molecular formula is C21H20FNO2S3. The van der Waals surface area contributed by atoms with Crippen LogP contribution in [-0.4, -0.2) is 26.6 Å². The third kappa shape index (κ3) is 5.59. The molecule has 2 aromatic carbocycles. The van der Waals surface area contributed by atoms with Crippen molar-refractivity contribution in [2.24, 2.45) is 0 Å². The molecule has 0 unspecified atom stereocenters. The van der Waals surface area contributed by atoms with Crippen molar-refractivity contribution in [2.45, 2.75) is 34.3 Å². The van der Waals surface area contributed by atoms with Crippen LogP contribution in [-0.2, 0) is 11.2 Å². The molecule has 0 aliphatic carbocycles. The summed E-state index contributed by atoms with van der Waals surface area (Å²) in [6.07, 6.45) is 0.828. The number of aromatic nitrogens is 1. The van der Waals surface area contributed by atoms with Crippen molar-refractivity contribution in [3.63, 3.8) is 0 Å². The minimum absolute atomic E-state index is 0.231. The van der Waals surface area contributed by atoms with Crippen molar-refractivity contribution >= 4 is 40.8 Å². The van der Waals surface area contributed by atoms with Crippen molar-refractivity contribution < 1.29 is 14.3 Å². The highest BCUT2D eigenvalue weighted by molar-refractivity contribution is 8.03. The maximum absolute atomic E-state index is 13.0. The van der Waals surface area contributed by atoms with Gasteiger partial charge in [-0.1, -0.05) is 36.0 Å². The van der Waals surface area contributed by atoms with Gasteiger partial charge in [0.2, 0.25) is 0 Å². The molecule has 3 nitrogen and oxygen atoms in total. The molecule has 0 amide bonds. The maximum Gasteiger partial charge on any atom is 0.319 e. The highest BCUT2D eigenvalue weighted by atomic mass is 32.2. The zero-order chi connectivity index (χ0) is 20.1. The minimum atomic E-state index is -0.879. The van der Waals surface area contributed by atoms with E-state index in [-0.39, 0.29) is 5.82 Å². The summed E-state index contributed by atoms with van der Waals surface area (Å²) in [6, 6.07) is 14.7. The van der Waals surface area contributed by atoms with E-state index in [9.17, 15) is 14.3 Å². The Hall–Kier alpha value is -1.83.